The summed E-state index contributed by atoms with van der Waals surface area (Å²) >= 11 is 0. The van der Waals surface area contributed by atoms with Gasteiger partial charge in [0.15, 0.2) is 5.75 Å². The second-order valence-electron chi connectivity index (χ2n) is 6.23. The van der Waals surface area contributed by atoms with Crippen molar-refractivity contribution < 1.29 is 19.4 Å². The van der Waals surface area contributed by atoms with Crippen LogP contribution in [0.15, 0.2) is 42.5 Å². The Morgan fingerprint density at radius 3 is 2.60 bits per heavy atom. The summed E-state index contributed by atoms with van der Waals surface area (Å²) in [6.45, 7) is 1.74. The number of nitrogens with zero attached hydrogens (tertiary/aromatic N) is 2. The maximum Gasteiger partial charge on any atom is 0.315 e. The smallest absolute Gasteiger partial charge is 0.315 e. The van der Waals surface area contributed by atoms with Gasteiger partial charge >= 0.3 is 5.97 Å². The lowest BCUT2D eigenvalue weighted by atomic mass is 9.80. The van der Waals surface area contributed by atoms with Gasteiger partial charge in [-0.3, -0.25) is 9.69 Å². The summed E-state index contributed by atoms with van der Waals surface area (Å²) < 4.78 is 10.4. The minimum absolute atomic E-state index is 0.437. The highest BCUT2D eigenvalue weighted by atomic mass is 16.5. The summed E-state index contributed by atoms with van der Waals surface area (Å²) in [5.74, 6) is 0.241. The molecule has 1 unspecified atom stereocenters. The molecule has 1 saturated heterocycles. The van der Waals surface area contributed by atoms with E-state index in [-0.39, 0.29) is 0 Å². The molecule has 2 aromatic rings. The van der Waals surface area contributed by atoms with Crippen molar-refractivity contribution in [1.29, 1.82) is 0 Å². The zero-order valence-corrected chi connectivity index (χ0v) is 14.4. The van der Waals surface area contributed by atoms with Crippen LogP contribution in [0.5, 0.6) is 11.6 Å². The van der Waals surface area contributed by atoms with E-state index in [0.29, 0.717) is 37.7 Å². The van der Waals surface area contributed by atoms with Crippen LogP contribution in [0.1, 0.15) is 17.7 Å². The first-order valence-corrected chi connectivity index (χ1v) is 8.18. The number of ether oxygens (including phenoxy) is 2. The summed E-state index contributed by atoms with van der Waals surface area (Å²) in [6.07, 6.45) is 0.583. The van der Waals surface area contributed by atoms with E-state index < -0.39 is 11.4 Å². The Balaban J connectivity index is 1.79. The highest BCUT2D eigenvalue weighted by molar-refractivity contribution is 5.82. The molecule has 1 aliphatic heterocycles. The number of carboxylic acid groups (broad SMARTS) is 1. The standard InChI is InChI=1S/C19H22N2O4/c1-24-16-9-8-15(20-17(16)25-2)12-21-11-10-19(13-21,18(22)23)14-6-4-3-5-7-14/h3-9H,10-13H2,1-2H3,(H,22,23). The molecule has 132 valence electrons. The van der Waals surface area contributed by atoms with Crippen LogP contribution in [0, 0.1) is 0 Å². The lowest BCUT2D eigenvalue weighted by Gasteiger charge is -2.25. The fraction of sp³-hybridized carbons (Fsp3) is 0.368. The number of likely N-dealkylation sites (tertiary alicyclic amines) is 1. The molecule has 2 heterocycles. The van der Waals surface area contributed by atoms with Gasteiger partial charge in [-0.15, -0.1) is 0 Å². The van der Waals surface area contributed by atoms with E-state index in [0.717, 1.165) is 11.3 Å². The third-order valence-corrected chi connectivity index (χ3v) is 4.77. The number of pyridine rings is 1. The van der Waals surface area contributed by atoms with Crippen LogP contribution in [0.2, 0.25) is 0 Å². The maximum atomic E-state index is 12.0. The molecule has 0 radical (unpaired) electrons. The number of carbonyl (C=O) groups is 1. The topological polar surface area (TPSA) is 71.9 Å². The first-order valence-electron chi connectivity index (χ1n) is 8.18. The first kappa shape index (κ1) is 17.2. The summed E-state index contributed by atoms with van der Waals surface area (Å²) in [5.41, 5.74) is 0.815. The third-order valence-electron chi connectivity index (χ3n) is 4.77. The molecule has 1 fully saturated rings. The molecular weight excluding hydrogens is 320 g/mol. The van der Waals surface area contributed by atoms with Gasteiger partial charge in [0.05, 0.1) is 19.9 Å². The zero-order chi connectivity index (χ0) is 17.9. The highest BCUT2D eigenvalue weighted by Gasteiger charge is 2.46. The number of methoxy groups -OCH3 is 2. The molecule has 1 aliphatic rings. The fourth-order valence-electron chi connectivity index (χ4n) is 3.40. The molecule has 1 N–H and O–H groups in total. The van der Waals surface area contributed by atoms with Gasteiger partial charge in [-0.05, 0) is 24.1 Å². The van der Waals surface area contributed by atoms with Crippen LogP contribution in [0.3, 0.4) is 0 Å². The van der Waals surface area contributed by atoms with Crippen molar-refractivity contribution in [2.45, 2.75) is 18.4 Å². The molecule has 0 amide bonds. The second kappa shape index (κ2) is 7.11. The number of benzene rings is 1. The van der Waals surface area contributed by atoms with Crippen LogP contribution >= 0.6 is 0 Å². The van der Waals surface area contributed by atoms with Gasteiger partial charge in [-0.2, -0.15) is 0 Å². The number of hydrogen-bond acceptors (Lipinski definition) is 5. The SMILES string of the molecule is COc1ccc(CN2CCC(C(=O)O)(c3ccccc3)C2)nc1OC. The Bertz CT molecular complexity index is 750. The first-order chi connectivity index (χ1) is 12.1. The van der Waals surface area contributed by atoms with Gasteiger partial charge in [0.1, 0.15) is 5.41 Å². The number of carboxylic acids is 1. The normalized spacial score (nSPS) is 20.4. The number of rotatable bonds is 6. The van der Waals surface area contributed by atoms with E-state index in [2.05, 4.69) is 9.88 Å². The molecule has 0 bridgehead atoms. The molecule has 1 aromatic carbocycles. The monoisotopic (exact) mass is 342 g/mol. The minimum Gasteiger partial charge on any atom is -0.491 e. The summed E-state index contributed by atoms with van der Waals surface area (Å²) in [4.78, 5) is 18.6. The van der Waals surface area contributed by atoms with Crippen LogP contribution in [0.4, 0.5) is 0 Å². The number of aromatic nitrogens is 1. The fourth-order valence-corrected chi connectivity index (χ4v) is 3.40. The third kappa shape index (κ3) is 3.30. The molecule has 1 aromatic heterocycles. The molecule has 0 spiro atoms. The molecule has 3 rings (SSSR count). The predicted molar refractivity (Wildman–Crippen MR) is 93.0 cm³/mol. The maximum absolute atomic E-state index is 12.0. The largest absolute Gasteiger partial charge is 0.491 e. The summed E-state index contributed by atoms with van der Waals surface area (Å²) in [7, 11) is 3.12. The van der Waals surface area contributed by atoms with Gasteiger partial charge in [0, 0.05) is 19.6 Å². The molecule has 25 heavy (non-hydrogen) atoms. The lowest BCUT2D eigenvalue weighted by molar-refractivity contribution is -0.143. The van der Waals surface area contributed by atoms with Crippen LogP contribution in [-0.4, -0.2) is 48.3 Å². The van der Waals surface area contributed by atoms with Crippen molar-refractivity contribution in [2.75, 3.05) is 27.3 Å². The Kier molecular flexibility index (Phi) is 4.90. The Morgan fingerprint density at radius 2 is 1.96 bits per heavy atom. The van der Waals surface area contributed by atoms with Crippen LogP contribution < -0.4 is 9.47 Å². The Labute approximate surface area is 147 Å². The molecule has 1 atom stereocenters. The van der Waals surface area contributed by atoms with Crippen molar-refractivity contribution in [3.8, 4) is 11.6 Å². The van der Waals surface area contributed by atoms with Crippen molar-refractivity contribution in [3.05, 3.63) is 53.7 Å². The Morgan fingerprint density at radius 1 is 1.20 bits per heavy atom. The van der Waals surface area contributed by atoms with E-state index in [1.807, 2.05) is 42.5 Å². The van der Waals surface area contributed by atoms with E-state index in [1.165, 1.54) is 0 Å². The van der Waals surface area contributed by atoms with Crippen LogP contribution in [-0.2, 0) is 16.8 Å². The zero-order valence-electron chi connectivity index (χ0n) is 14.4. The molecule has 6 heteroatoms. The predicted octanol–water partition coefficient (Wildman–Crippen LogP) is 2.33. The molecule has 0 saturated carbocycles. The average Bonchev–Trinajstić information content (AvgIpc) is 3.07. The van der Waals surface area contributed by atoms with E-state index in [1.54, 1.807) is 14.2 Å². The van der Waals surface area contributed by atoms with Crippen molar-refractivity contribution >= 4 is 5.97 Å². The van der Waals surface area contributed by atoms with Crippen molar-refractivity contribution in [1.82, 2.24) is 9.88 Å². The molecule has 6 nitrogen and oxygen atoms in total. The summed E-state index contributed by atoms with van der Waals surface area (Å²) in [5, 5.41) is 9.87. The van der Waals surface area contributed by atoms with E-state index in [9.17, 15) is 9.90 Å². The van der Waals surface area contributed by atoms with Gasteiger partial charge in [-0.25, -0.2) is 4.98 Å². The molecule has 0 aliphatic carbocycles. The van der Waals surface area contributed by atoms with Gasteiger partial charge in [0.2, 0.25) is 0 Å². The number of aliphatic carboxylic acids is 1. The lowest BCUT2D eigenvalue weighted by Crippen LogP contribution is -2.38. The van der Waals surface area contributed by atoms with Crippen molar-refractivity contribution in [2.24, 2.45) is 0 Å². The van der Waals surface area contributed by atoms with Crippen LogP contribution in [0.25, 0.3) is 0 Å². The van der Waals surface area contributed by atoms with Gasteiger partial charge in [0.25, 0.3) is 5.88 Å². The van der Waals surface area contributed by atoms with E-state index >= 15 is 0 Å². The molecular formula is C19H22N2O4. The van der Waals surface area contributed by atoms with Crippen molar-refractivity contribution in [3.63, 3.8) is 0 Å². The average molecular weight is 342 g/mol. The minimum atomic E-state index is -0.863. The Hall–Kier alpha value is -2.60. The van der Waals surface area contributed by atoms with Gasteiger partial charge < -0.3 is 14.6 Å². The van der Waals surface area contributed by atoms with E-state index in [4.69, 9.17) is 9.47 Å². The quantitative estimate of drug-likeness (QED) is 0.869. The summed E-state index contributed by atoms with van der Waals surface area (Å²) in [6, 6.07) is 13.2. The van der Waals surface area contributed by atoms with Gasteiger partial charge in [-0.1, -0.05) is 30.3 Å². The highest BCUT2D eigenvalue weighted by Crippen LogP contribution is 2.36. The number of hydrogen-bond donors (Lipinski definition) is 1. The second-order valence-corrected chi connectivity index (χ2v) is 6.23.